The fourth-order valence-corrected chi connectivity index (χ4v) is 6.06. The van der Waals surface area contributed by atoms with Gasteiger partial charge in [-0.3, -0.25) is 19.4 Å². The number of carbonyl (C=O) groups is 3. The first-order chi connectivity index (χ1) is 16.6. The fraction of sp³-hybridized carbons (Fsp3) is 0.536. The maximum Gasteiger partial charge on any atom is 0.334 e. The molecule has 0 atom stereocenters. The molecule has 1 saturated heterocycles. The summed E-state index contributed by atoms with van der Waals surface area (Å²) in [5.74, 6) is -0.831. The van der Waals surface area contributed by atoms with Crippen molar-refractivity contribution in [2.24, 2.45) is 0 Å². The molecule has 4 amide bonds. The molecule has 0 unspecified atom stereocenters. The summed E-state index contributed by atoms with van der Waals surface area (Å²) < 4.78 is 2.18. The van der Waals surface area contributed by atoms with Crippen LogP contribution in [-0.4, -0.2) is 44.3 Å². The van der Waals surface area contributed by atoms with Gasteiger partial charge in [0.05, 0.1) is 0 Å². The SMILES string of the molecule is CCCn1cc(C=C2C(=O)N(C3CCCCC3)C(=O)N(C3CCCCC3)C2=O)c2ccccc21. The van der Waals surface area contributed by atoms with E-state index in [1.54, 1.807) is 6.08 Å². The van der Waals surface area contributed by atoms with Crippen molar-refractivity contribution in [3.63, 3.8) is 0 Å². The number of hydrogen-bond acceptors (Lipinski definition) is 3. The lowest BCUT2D eigenvalue weighted by Gasteiger charge is -2.43. The summed E-state index contributed by atoms with van der Waals surface area (Å²) in [6.07, 6.45) is 14.4. The van der Waals surface area contributed by atoms with Gasteiger partial charge in [0.15, 0.2) is 0 Å². The lowest BCUT2D eigenvalue weighted by atomic mass is 9.90. The van der Waals surface area contributed by atoms with Crippen molar-refractivity contribution in [3.8, 4) is 0 Å². The van der Waals surface area contributed by atoms with Gasteiger partial charge < -0.3 is 4.57 Å². The zero-order valence-electron chi connectivity index (χ0n) is 20.2. The monoisotopic (exact) mass is 461 g/mol. The molecule has 34 heavy (non-hydrogen) atoms. The molecular weight excluding hydrogens is 426 g/mol. The zero-order chi connectivity index (χ0) is 23.7. The van der Waals surface area contributed by atoms with Gasteiger partial charge in [-0.05, 0) is 44.2 Å². The quantitative estimate of drug-likeness (QED) is 0.412. The van der Waals surface area contributed by atoms with E-state index in [0.717, 1.165) is 93.6 Å². The third-order valence-corrected chi connectivity index (χ3v) is 7.77. The van der Waals surface area contributed by atoms with Gasteiger partial charge in [-0.15, -0.1) is 0 Å². The Morgan fingerprint density at radius 1 is 0.824 bits per heavy atom. The number of rotatable bonds is 5. The normalized spacial score (nSPS) is 21.1. The zero-order valence-corrected chi connectivity index (χ0v) is 20.2. The van der Waals surface area contributed by atoms with Crippen LogP contribution in [0.3, 0.4) is 0 Å². The van der Waals surface area contributed by atoms with Crippen molar-refractivity contribution in [1.29, 1.82) is 0 Å². The van der Waals surface area contributed by atoms with Crippen molar-refractivity contribution < 1.29 is 14.4 Å². The number of aromatic nitrogens is 1. The number of hydrogen-bond donors (Lipinski definition) is 0. The van der Waals surface area contributed by atoms with Crippen LogP contribution in [0.25, 0.3) is 17.0 Å². The molecule has 2 aliphatic carbocycles. The largest absolute Gasteiger partial charge is 0.347 e. The van der Waals surface area contributed by atoms with Crippen LogP contribution in [0.5, 0.6) is 0 Å². The number of nitrogens with zero attached hydrogens (tertiary/aromatic N) is 3. The minimum atomic E-state index is -0.415. The Kier molecular flexibility index (Phi) is 6.57. The summed E-state index contributed by atoms with van der Waals surface area (Å²) in [5, 5.41) is 1.02. The highest BCUT2D eigenvalue weighted by molar-refractivity contribution is 6.31. The van der Waals surface area contributed by atoms with E-state index in [1.165, 1.54) is 9.80 Å². The lowest BCUT2D eigenvalue weighted by molar-refractivity contribution is -0.139. The topological polar surface area (TPSA) is 62.6 Å². The number of carbonyl (C=O) groups excluding carboxylic acids is 3. The van der Waals surface area contributed by atoms with Gasteiger partial charge in [0.25, 0.3) is 11.8 Å². The third-order valence-electron chi connectivity index (χ3n) is 7.77. The van der Waals surface area contributed by atoms with Gasteiger partial charge in [0.1, 0.15) is 5.57 Å². The molecule has 2 heterocycles. The van der Waals surface area contributed by atoms with E-state index < -0.39 is 11.8 Å². The van der Waals surface area contributed by atoms with Crippen LogP contribution >= 0.6 is 0 Å². The molecule has 1 aromatic carbocycles. The molecule has 1 aromatic heterocycles. The number of para-hydroxylation sites is 1. The third kappa shape index (κ3) is 4.08. The van der Waals surface area contributed by atoms with Crippen molar-refractivity contribution in [1.82, 2.24) is 14.4 Å². The van der Waals surface area contributed by atoms with Gasteiger partial charge in [-0.1, -0.05) is 63.6 Å². The molecule has 5 rings (SSSR count). The van der Waals surface area contributed by atoms with Gasteiger partial charge in [-0.25, -0.2) is 4.79 Å². The summed E-state index contributed by atoms with van der Waals surface area (Å²) in [7, 11) is 0. The van der Waals surface area contributed by atoms with Gasteiger partial charge in [0.2, 0.25) is 0 Å². The van der Waals surface area contributed by atoms with Crippen molar-refractivity contribution in [2.75, 3.05) is 0 Å². The van der Waals surface area contributed by atoms with Crippen LogP contribution in [-0.2, 0) is 16.1 Å². The van der Waals surface area contributed by atoms with Gasteiger partial charge >= 0.3 is 6.03 Å². The number of imide groups is 2. The predicted molar refractivity (Wildman–Crippen MR) is 133 cm³/mol. The van der Waals surface area contributed by atoms with Crippen LogP contribution in [0.2, 0.25) is 0 Å². The molecule has 0 bridgehead atoms. The molecule has 2 aromatic rings. The molecule has 3 fully saturated rings. The van der Waals surface area contributed by atoms with E-state index in [-0.39, 0.29) is 23.7 Å². The maximum absolute atomic E-state index is 13.7. The summed E-state index contributed by atoms with van der Waals surface area (Å²) >= 11 is 0. The minimum absolute atomic E-state index is 0.113. The highest BCUT2D eigenvalue weighted by Gasteiger charge is 2.47. The second-order valence-corrected chi connectivity index (χ2v) is 10.1. The summed E-state index contributed by atoms with van der Waals surface area (Å²) in [6.45, 7) is 3.00. The Balaban J connectivity index is 1.59. The first kappa shape index (κ1) is 22.9. The number of fused-ring (bicyclic) bond motifs is 1. The molecule has 1 aliphatic heterocycles. The minimum Gasteiger partial charge on any atom is -0.347 e. The molecule has 6 nitrogen and oxygen atoms in total. The Hall–Kier alpha value is -2.89. The van der Waals surface area contributed by atoms with E-state index in [2.05, 4.69) is 17.6 Å². The highest BCUT2D eigenvalue weighted by Crippen LogP contribution is 2.34. The first-order valence-electron chi connectivity index (χ1n) is 13.1. The van der Waals surface area contributed by atoms with E-state index >= 15 is 0 Å². The summed E-state index contributed by atoms with van der Waals surface area (Å²) in [4.78, 5) is 44.0. The molecule has 0 spiro atoms. The average Bonchev–Trinajstić information content (AvgIpc) is 3.21. The number of benzene rings is 1. The van der Waals surface area contributed by atoms with Crippen molar-refractivity contribution >= 4 is 34.8 Å². The second kappa shape index (κ2) is 9.77. The molecule has 0 radical (unpaired) electrons. The van der Waals surface area contributed by atoms with E-state index in [9.17, 15) is 14.4 Å². The van der Waals surface area contributed by atoms with Gasteiger partial charge in [-0.2, -0.15) is 0 Å². The smallest absolute Gasteiger partial charge is 0.334 e. The number of aryl methyl sites for hydroxylation is 1. The highest BCUT2D eigenvalue weighted by atomic mass is 16.2. The van der Waals surface area contributed by atoms with Crippen LogP contribution in [0.1, 0.15) is 83.1 Å². The number of urea groups is 1. The Labute approximate surface area is 201 Å². The standard InChI is InChI=1S/C28H35N3O3/c1-2-17-29-19-20(23-15-9-10-16-25(23)29)18-24-26(32)30(21-11-5-3-6-12-21)28(34)31(27(24)33)22-13-7-4-8-14-22/h9-10,15-16,18-19,21-22H,2-8,11-14,17H2,1H3. The van der Waals surface area contributed by atoms with Gasteiger partial charge in [0, 0.05) is 41.3 Å². The summed E-state index contributed by atoms with van der Waals surface area (Å²) in [5.41, 5.74) is 2.09. The molecule has 0 N–H and O–H groups in total. The van der Waals surface area contributed by atoms with E-state index in [4.69, 9.17) is 0 Å². The lowest BCUT2D eigenvalue weighted by Crippen LogP contribution is -2.62. The molecule has 6 heteroatoms. The Bertz CT molecular complexity index is 1080. The Morgan fingerprint density at radius 3 is 1.94 bits per heavy atom. The van der Waals surface area contributed by atoms with Crippen LogP contribution in [0.4, 0.5) is 4.79 Å². The summed E-state index contributed by atoms with van der Waals surface area (Å²) in [6, 6.07) is 7.49. The number of amides is 4. The van der Waals surface area contributed by atoms with Crippen LogP contribution in [0.15, 0.2) is 36.0 Å². The molecule has 2 saturated carbocycles. The Morgan fingerprint density at radius 2 is 1.38 bits per heavy atom. The fourth-order valence-electron chi connectivity index (χ4n) is 6.06. The van der Waals surface area contributed by atoms with E-state index in [0.29, 0.717) is 0 Å². The average molecular weight is 462 g/mol. The predicted octanol–water partition coefficient (Wildman–Crippen LogP) is 5.89. The van der Waals surface area contributed by atoms with E-state index in [1.807, 2.05) is 24.4 Å². The molecule has 3 aliphatic rings. The number of barbiturate groups is 1. The maximum atomic E-state index is 13.7. The van der Waals surface area contributed by atoms with Crippen molar-refractivity contribution in [3.05, 3.63) is 41.6 Å². The van der Waals surface area contributed by atoms with Crippen LogP contribution in [0, 0.1) is 0 Å². The molecular formula is C28H35N3O3. The van der Waals surface area contributed by atoms with Crippen LogP contribution < -0.4 is 0 Å². The van der Waals surface area contributed by atoms with Crippen molar-refractivity contribution in [2.45, 2.75) is 96.2 Å². The second-order valence-electron chi connectivity index (χ2n) is 10.1. The first-order valence-corrected chi connectivity index (χ1v) is 13.1. The molecule has 180 valence electrons.